The van der Waals surface area contributed by atoms with Crippen molar-refractivity contribution in [2.45, 2.75) is 32.2 Å². The molecule has 3 aromatic rings. The highest BCUT2D eigenvalue weighted by Crippen LogP contribution is 2.43. The van der Waals surface area contributed by atoms with Crippen LogP contribution in [0.15, 0.2) is 46.0 Å². The van der Waals surface area contributed by atoms with Crippen LogP contribution in [-0.2, 0) is 4.79 Å². The molecule has 138 valence electrons. The molecular formula is C19H18N4O3S. The molecule has 1 aliphatic rings. The Morgan fingerprint density at radius 3 is 2.74 bits per heavy atom. The maximum Gasteiger partial charge on any atom is 0.247 e. The molecule has 0 N–H and O–H groups in total. The third-order valence-corrected chi connectivity index (χ3v) is 4.85. The average Bonchev–Trinajstić information content (AvgIpc) is 3.02. The summed E-state index contributed by atoms with van der Waals surface area (Å²) in [4.78, 5) is 18.7. The van der Waals surface area contributed by atoms with Gasteiger partial charge in [0, 0.05) is 12.5 Å². The van der Waals surface area contributed by atoms with E-state index in [9.17, 15) is 4.79 Å². The van der Waals surface area contributed by atoms with Crippen LogP contribution in [0, 0.1) is 6.92 Å². The van der Waals surface area contributed by atoms with Gasteiger partial charge < -0.3 is 9.15 Å². The number of para-hydroxylation sites is 1. The summed E-state index contributed by atoms with van der Waals surface area (Å²) in [5, 5.41) is 9.06. The molecule has 1 amide bonds. The van der Waals surface area contributed by atoms with Crippen LogP contribution < -0.4 is 9.64 Å². The second-order valence-corrected chi connectivity index (χ2v) is 7.24. The molecule has 3 heterocycles. The van der Waals surface area contributed by atoms with Gasteiger partial charge in [0.05, 0.1) is 5.69 Å². The molecule has 0 radical (unpaired) electrons. The van der Waals surface area contributed by atoms with Gasteiger partial charge in [0.1, 0.15) is 5.76 Å². The van der Waals surface area contributed by atoms with Crippen LogP contribution in [0.3, 0.4) is 0 Å². The molecule has 0 spiro atoms. The van der Waals surface area contributed by atoms with Gasteiger partial charge >= 0.3 is 0 Å². The van der Waals surface area contributed by atoms with E-state index in [0.29, 0.717) is 28.2 Å². The van der Waals surface area contributed by atoms with Crippen molar-refractivity contribution in [2.75, 3.05) is 10.7 Å². The van der Waals surface area contributed by atoms with Crippen molar-refractivity contribution >= 4 is 23.4 Å². The molecule has 1 atom stereocenters. The van der Waals surface area contributed by atoms with Crippen molar-refractivity contribution in [3.05, 3.63) is 47.9 Å². The van der Waals surface area contributed by atoms with E-state index >= 15 is 0 Å². The number of nitrogens with zero attached hydrogens (tertiary/aromatic N) is 4. The zero-order chi connectivity index (χ0) is 19.0. The number of fused-ring (bicyclic) bond motifs is 3. The minimum Gasteiger partial charge on any atom is -0.460 e. The molecule has 1 aromatic carbocycles. The van der Waals surface area contributed by atoms with Crippen LogP contribution in [-0.4, -0.2) is 26.8 Å². The van der Waals surface area contributed by atoms with E-state index in [-0.39, 0.29) is 5.91 Å². The number of amides is 1. The Bertz CT molecular complexity index is 1000. The number of hydrogen-bond donors (Lipinski definition) is 0. The Morgan fingerprint density at radius 2 is 2.04 bits per heavy atom. The van der Waals surface area contributed by atoms with E-state index < -0.39 is 6.23 Å². The van der Waals surface area contributed by atoms with E-state index in [1.165, 1.54) is 18.7 Å². The standard InChI is InChI=1S/C19H18N4O3S/c1-4-27-19-20-17-16(21-22-19)13-7-5-6-8-14(13)23(12(3)24)18(26-17)15-10-9-11(2)25-15/h5-10,18H,4H2,1-3H3/t18-/m0/s1. The lowest BCUT2D eigenvalue weighted by Crippen LogP contribution is -2.35. The summed E-state index contributed by atoms with van der Waals surface area (Å²) >= 11 is 1.48. The fourth-order valence-electron chi connectivity index (χ4n) is 3.01. The molecule has 1 aliphatic heterocycles. The van der Waals surface area contributed by atoms with Gasteiger partial charge in [-0.3, -0.25) is 9.69 Å². The normalized spacial score (nSPS) is 15.5. The summed E-state index contributed by atoms with van der Waals surface area (Å²) in [6.45, 7) is 5.36. The zero-order valence-corrected chi connectivity index (χ0v) is 16.0. The summed E-state index contributed by atoms with van der Waals surface area (Å²) in [5.41, 5.74) is 1.92. The zero-order valence-electron chi connectivity index (χ0n) is 15.2. The Kier molecular flexibility index (Phi) is 4.57. The fraction of sp³-hybridized carbons (Fsp3) is 0.263. The Balaban J connectivity index is 1.94. The van der Waals surface area contributed by atoms with E-state index in [1.54, 1.807) is 11.0 Å². The van der Waals surface area contributed by atoms with Crippen molar-refractivity contribution in [2.24, 2.45) is 0 Å². The SMILES string of the molecule is CCSc1nnc2c(n1)O[C@@H](c1ccc(C)o1)N(C(C)=O)c1ccccc1-2. The minimum atomic E-state index is -0.783. The summed E-state index contributed by atoms with van der Waals surface area (Å²) in [6.07, 6.45) is -0.783. The Labute approximate surface area is 160 Å². The van der Waals surface area contributed by atoms with Crippen LogP contribution in [0.5, 0.6) is 5.88 Å². The van der Waals surface area contributed by atoms with Crippen LogP contribution in [0.4, 0.5) is 5.69 Å². The van der Waals surface area contributed by atoms with Gasteiger partial charge in [-0.25, -0.2) is 0 Å². The monoisotopic (exact) mass is 382 g/mol. The number of anilines is 1. The number of aryl methyl sites for hydroxylation is 1. The van der Waals surface area contributed by atoms with Crippen molar-refractivity contribution in [1.29, 1.82) is 0 Å². The first-order chi connectivity index (χ1) is 13.1. The van der Waals surface area contributed by atoms with Gasteiger partial charge in [-0.15, -0.1) is 10.2 Å². The average molecular weight is 382 g/mol. The number of thioether (sulfide) groups is 1. The number of hydrogen-bond acceptors (Lipinski definition) is 7. The predicted molar refractivity (Wildman–Crippen MR) is 102 cm³/mol. The molecule has 7 nitrogen and oxygen atoms in total. The second kappa shape index (κ2) is 7.03. The van der Waals surface area contributed by atoms with Crippen LogP contribution in [0.2, 0.25) is 0 Å². The smallest absolute Gasteiger partial charge is 0.247 e. The van der Waals surface area contributed by atoms with Crippen molar-refractivity contribution < 1.29 is 13.9 Å². The fourth-order valence-corrected chi connectivity index (χ4v) is 3.52. The minimum absolute atomic E-state index is 0.176. The Hall–Kier alpha value is -2.87. The molecule has 8 heteroatoms. The van der Waals surface area contributed by atoms with Crippen molar-refractivity contribution in [3.63, 3.8) is 0 Å². The molecule has 0 aliphatic carbocycles. The third kappa shape index (κ3) is 3.16. The highest BCUT2D eigenvalue weighted by atomic mass is 32.2. The summed E-state index contributed by atoms with van der Waals surface area (Å²) < 4.78 is 12.0. The highest BCUT2D eigenvalue weighted by Gasteiger charge is 2.36. The van der Waals surface area contributed by atoms with E-state index in [2.05, 4.69) is 15.2 Å². The maximum absolute atomic E-state index is 12.6. The largest absolute Gasteiger partial charge is 0.460 e. The van der Waals surface area contributed by atoms with Gasteiger partial charge in [0.25, 0.3) is 0 Å². The van der Waals surface area contributed by atoms with Crippen molar-refractivity contribution in [1.82, 2.24) is 15.2 Å². The predicted octanol–water partition coefficient (Wildman–Crippen LogP) is 4.00. The number of benzene rings is 1. The van der Waals surface area contributed by atoms with Crippen LogP contribution >= 0.6 is 11.8 Å². The molecular weight excluding hydrogens is 364 g/mol. The number of furan rings is 1. The van der Waals surface area contributed by atoms with Crippen molar-refractivity contribution in [3.8, 4) is 17.1 Å². The summed E-state index contributed by atoms with van der Waals surface area (Å²) in [7, 11) is 0. The summed E-state index contributed by atoms with van der Waals surface area (Å²) in [5.74, 6) is 2.23. The summed E-state index contributed by atoms with van der Waals surface area (Å²) in [6, 6.07) is 11.1. The highest BCUT2D eigenvalue weighted by molar-refractivity contribution is 7.99. The number of rotatable bonds is 3. The lowest BCUT2D eigenvalue weighted by Gasteiger charge is -2.28. The van der Waals surface area contributed by atoms with Crippen LogP contribution in [0.25, 0.3) is 11.3 Å². The molecule has 0 saturated carbocycles. The first kappa shape index (κ1) is 17.5. The van der Waals surface area contributed by atoms with Crippen LogP contribution in [0.1, 0.15) is 31.6 Å². The lowest BCUT2D eigenvalue weighted by molar-refractivity contribution is -0.118. The molecule has 2 aromatic heterocycles. The first-order valence-corrected chi connectivity index (χ1v) is 9.56. The molecule has 0 unspecified atom stereocenters. The third-order valence-electron chi connectivity index (χ3n) is 4.13. The number of carbonyl (C=O) groups excluding carboxylic acids is 1. The van der Waals surface area contributed by atoms with E-state index in [4.69, 9.17) is 9.15 Å². The number of ether oxygens (including phenoxy) is 1. The Morgan fingerprint density at radius 1 is 1.22 bits per heavy atom. The molecule has 0 saturated heterocycles. The van der Waals surface area contributed by atoms with Gasteiger partial charge in [-0.1, -0.05) is 36.9 Å². The second-order valence-electron chi connectivity index (χ2n) is 6.01. The molecule has 4 rings (SSSR count). The van der Waals surface area contributed by atoms with E-state index in [0.717, 1.165) is 17.1 Å². The quantitative estimate of drug-likeness (QED) is 0.633. The van der Waals surface area contributed by atoms with Gasteiger partial charge in [0.2, 0.25) is 23.2 Å². The molecule has 0 bridgehead atoms. The van der Waals surface area contributed by atoms with Gasteiger partial charge in [-0.2, -0.15) is 4.98 Å². The maximum atomic E-state index is 12.6. The number of carbonyl (C=O) groups is 1. The van der Waals surface area contributed by atoms with Gasteiger partial charge in [0.15, 0.2) is 11.5 Å². The number of aromatic nitrogens is 3. The topological polar surface area (TPSA) is 81.3 Å². The first-order valence-electron chi connectivity index (χ1n) is 8.58. The molecule has 27 heavy (non-hydrogen) atoms. The van der Waals surface area contributed by atoms with E-state index in [1.807, 2.05) is 44.2 Å². The van der Waals surface area contributed by atoms with Gasteiger partial charge in [-0.05, 0) is 30.9 Å². The lowest BCUT2D eigenvalue weighted by atomic mass is 10.1. The molecule has 0 fully saturated rings.